The number of nitrogens with zero attached hydrogens (tertiary/aromatic N) is 3. The average Bonchev–Trinajstić information content (AvgIpc) is 3.25. The SMILES string of the molecule is CC(=O)CCCOc1nc(-c2ccco2)nc(N)c1C(=O)NCc1ncccc1C. The second-order valence-corrected chi connectivity index (χ2v) is 6.69. The second-order valence-electron chi connectivity index (χ2n) is 6.69. The molecule has 0 aliphatic rings. The van der Waals surface area contributed by atoms with Crippen molar-refractivity contribution >= 4 is 17.5 Å². The van der Waals surface area contributed by atoms with Gasteiger partial charge in [0.15, 0.2) is 5.76 Å². The Hall–Kier alpha value is -3.75. The summed E-state index contributed by atoms with van der Waals surface area (Å²) in [6, 6.07) is 7.11. The molecule has 0 atom stereocenters. The zero-order chi connectivity index (χ0) is 21.5. The van der Waals surface area contributed by atoms with Gasteiger partial charge in [-0.15, -0.1) is 0 Å². The molecule has 3 aromatic rings. The van der Waals surface area contributed by atoms with Gasteiger partial charge >= 0.3 is 0 Å². The molecule has 0 aliphatic heterocycles. The molecule has 9 heteroatoms. The van der Waals surface area contributed by atoms with Crippen molar-refractivity contribution in [1.82, 2.24) is 20.3 Å². The molecule has 3 aromatic heterocycles. The summed E-state index contributed by atoms with van der Waals surface area (Å²) in [5.41, 5.74) is 7.80. The van der Waals surface area contributed by atoms with Crippen molar-refractivity contribution in [3.05, 3.63) is 53.5 Å². The molecule has 3 heterocycles. The van der Waals surface area contributed by atoms with Crippen LogP contribution in [0.3, 0.4) is 0 Å². The van der Waals surface area contributed by atoms with Gasteiger partial charge in [-0.05, 0) is 44.0 Å². The highest BCUT2D eigenvalue weighted by Crippen LogP contribution is 2.26. The quantitative estimate of drug-likeness (QED) is 0.515. The molecule has 156 valence electrons. The number of hydrogen-bond acceptors (Lipinski definition) is 8. The summed E-state index contributed by atoms with van der Waals surface area (Å²) >= 11 is 0. The number of furan rings is 1. The van der Waals surface area contributed by atoms with Gasteiger partial charge in [0.2, 0.25) is 11.7 Å². The number of nitrogens with one attached hydrogen (secondary N) is 1. The molecule has 0 saturated heterocycles. The first kappa shape index (κ1) is 21.0. The molecule has 3 rings (SSSR count). The Morgan fingerprint density at radius 2 is 2.07 bits per heavy atom. The van der Waals surface area contributed by atoms with Crippen molar-refractivity contribution in [3.8, 4) is 17.5 Å². The van der Waals surface area contributed by atoms with Gasteiger partial charge in [0.05, 0.1) is 25.1 Å². The number of nitrogens with two attached hydrogens (primary N) is 1. The number of rotatable bonds is 9. The first-order valence-corrected chi connectivity index (χ1v) is 9.48. The second kappa shape index (κ2) is 9.64. The van der Waals surface area contributed by atoms with Gasteiger partial charge in [-0.25, -0.2) is 4.98 Å². The molecule has 30 heavy (non-hydrogen) atoms. The number of nitrogen functional groups attached to an aromatic ring is 1. The number of pyridine rings is 1. The Morgan fingerprint density at radius 1 is 1.23 bits per heavy atom. The summed E-state index contributed by atoms with van der Waals surface area (Å²) in [7, 11) is 0. The van der Waals surface area contributed by atoms with Gasteiger partial charge in [0.25, 0.3) is 5.91 Å². The number of Topliss-reactive ketones (excluding diaryl/α,β-unsaturated/α-hetero) is 1. The van der Waals surface area contributed by atoms with Crippen LogP contribution < -0.4 is 15.8 Å². The predicted octanol–water partition coefficient (Wildman–Crippen LogP) is 2.70. The van der Waals surface area contributed by atoms with Crippen molar-refractivity contribution < 1.29 is 18.7 Å². The maximum Gasteiger partial charge on any atom is 0.260 e. The third kappa shape index (κ3) is 5.19. The number of aromatic nitrogens is 3. The van der Waals surface area contributed by atoms with E-state index in [-0.39, 0.29) is 42.0 Å². The average molecular weight is 409 g/mol. The van der Waals surface area contributed by atoms with Crippen LogP contribution >= 0.6 is 0 Å². The van der Waals surface area contributed by atoms with E-state index in [1.807, 2.05) is 19.1 Å². The van der Waals surface area contributed by atoms with E-state index in [1.54, 1.807) is 18.3 Å². The first-order valence-electron chi connectivity index (χ1n) is 9.48. The molecule has 0 radical (unpaired) electrons. The fourth-order valence-electron chi connectivity index (χ4n) is 2.74. The number of ether oxygens (including phenoxy) is 1. The lowest BCUT2D eigenvalue weighted by Crippen LogP contribution is -2.26. The molecule has 3 N–H and O–H groups in total. The van der Waals surface area contributed by atoms with Crippen molar-refractivity contribution in [1.29, 1.82) is 0 Å². The zero-order valence-corrected chi connectivity index (χ0v) is 16.8. The van der Waals surface area contributed by atoms with E-state index < -0.39 is 5.91 Å². The van der Waals surface area contributed by atoms with Crippen LogP contribution in [0.1, 0.15) is 41.4 Å². The normalized spacial score (nSPS) is 10.6. The number of ketones is 1. The standard InChI is InChI=1S/C21H23N5O4/c1-13-6-3-9-23-15(13)12-24-20(28)17-18(22)25-19(16-8-5-10-29-16)26-21(17)30-11-4-7-14(2)27/h3,5-6,8-10H,4,7,11-12H2,1-2H3,(H,24,28)(H2,22,25,26). The molecule has 0 unspecified atom stereocenters. The summed E-state index contributed by atoms with van der Waals surface area (Å²) in [5, 5.41) is 2.78. The van der Waals surface area contributed by atoms with Gasteiger partial charge in [-0.3, -0.25) is 9.78 Å². The molecule has 1 amide bonds. The van der Waals surface area contributed by atoms with Gasteiger partial charge in [0.1, 0.15) is 17.2 Å². The third-order valence-corrected chi connectivity index (χ3v) is 4.32. The Balaban J connectivity index is 1.84. The first-order chi connectivity index (χ1) is 14.5. The number of amides is 1. The molecule has 0 saturated carbocycles. The Kier molecular flexibility index (Phi) is 6.74. The number of carbonyl (C=O) groups is 2. The summed E-state index contributed by atoms with van der Waals surface area (Å²) in [6.45, 7) is 3.84. The lowest BCUT2D eigenvalue weighted by Gasteiger charge is -2.13. The maximum atomic E-state index is 12.9. The molecule has 0 bridgehead atoms. The largest absolute Gasteiger partial charge is 0.477 e. The highest BCUT2D eigenvalue weighted by Gasteiger charge is 2.22. The number of aryl methyl sites for hydroxylation is 1. The fourth-order valence-corrected chi connectivity index (χ4v) is 2.74. The molecule has 0 spiro atoms. The minimum atomic E-state index is -0.481. The van der Waals surface area contributed by atoms with Crippen LogP contribution in [0.15, 0.2) is 41.1 Å². The van der Waals surface area contributed by atoms with Crippen LogP contribution in [0, 0.1) is 6.92 Å². The van der Waals surface area contributed by atoms with E-state index >= 15 is 0 Å². The molecular formula is C21H23N5O4. The summed E-state index contributed by atoms with van der Waals surface area (Å²) < 4.78 is 11.0. The lowest BCUT2D eigenvalue weighted by molar-refractivity contribution is -0.117. The lowest BCUT2D eigenvalue weighted by atomic mass is 10.2. The van der Waals surface area contributed by atoms with Crippen molar-refractivity contribution in [2.75, 3.05) is 12.3 Å². The van der Waals surface area contributed by atoms with E-state index in [4.69, 9.17) is 14.9 Å². The smallest absolute Gasteiger partial charge is 0.260 e. The number of carbonyl (C=O) groups excluding carboxylic acids is 2. The van der Waals surface area contributed by atoms with Gasteiger partial charge in [0, 0.05) is 12.6 Å². The van der Waals surface area contributed by atoms with Crippen LogP contribution in [0.2, 0.25) is 0 Å². The molecule has 0 fully saturated rings. The van der Waals surface area contributed by atoms with Crippen molar-refractivity contribution in [3.63, 3.8) is 0 Å². The van der Waals surface area contributed by atoms with Gasteiger partial charge < -0.3 is 25.0 Å². The molecule has 0 aromatic carbocycles. The van der Waals surface area contributed by atoms with E-state index in [1.165, 1.54) is 13.2 Å². The van der Waals surface area contributed by atoms with E-state index in [2.05, 4.69) is 20.3 Å². The Labute approximate surface area is 173 Å². The minimum Gasteiger partial charge on any atom is -0.477 e. The molecule has 0 aliphatic carbocycles. The number of anilines is 1. The number of hydrogen-bond donors (Lipinski definition) is 2. The van der Waals surface area contributed by atoms with Crippen LogP contribution in [0.4, 0.5) is 5.82 Å². The fraction of sp³-hybridized carbons (Fsp3) is 0.286. The predicted molar refractivity (Wildman–Crippen MR) is 110 cm³/mol. The van der Waals surface area contributed by atoms with Crippen molar-refractivity contribution in [2.24, 2.45) is 0 Å². The third-order valence-electron chi connectivity index (χ3n) is 4.32. The van der Waals surface area contributed by atoms with Crippen LogP contribution in [0.5, 0.6) is 5.88 Å². The van der Waals surface area contributed by atoms with E-state index in [9.17, 15) is 9.59 Å². The summed E-state index contributed by atoms with van der Waals surface area (Å²) in [4.78, 5) is 36.8. The maximum absolute atomic E-state index is 12.9. The van der Waals surface area contributed by atoms with Crippen LogP contribution in [-0.2, 0) is 11.3 Å². The monoisotopic (exact) mass is 409 g/mol. The molecular weight excluding hydrogens is 386 g/mol. The molecule has 9 nitrogen and oxygen atoms in total. The summed E-state index contributed by atoms with van der Waals surface area (Å²) in [5.74, 6) is 0.175. The van der Waals surface area contributed by atoms with Gasteiger partial charge in [-0.1, -0.05) is 6.07 Å². The highest BCUT2D eigenvalue weighted by molar-refractivity contribution is 6.00. The van der Waals surface area contributed by atoms with Gasteiger partial charge in [-0.2, -0.15) is 4.98 Å². The topological polar surface area (TPSA) is 133 Å². The van der Waals surface area contributed by atoms with Crippen LogP contribution in [0.25, 0.3) is 11.6 Å². The van der Waals surface area contributed by atoms with Crippen LogP contribution in [-0.4, -0.2) is 33.2 Å². The Bertz CT molecular complexity index is 1030. The highest BCUT2D eigenvalue weighted by atomic mass is 16.5. The Morgan fingerprint density at radius 3 is 2.77 bits per heavy atom. The van der Waals surface area contributed by atoms with E-state index in [0.717, 1.165) is 11.3 Å². The van der Waals surface area contributed by atoms with Crippen molar-refractivity contribution in [2.45, 2.75) is 33.2 Å². The zero-order valence-electron chi connectivity index (χ0n) is 16.8. The van der Waals surface area contributed by atoms with E-state index in [0.29, 0.717) is 18.6 Å². The summed E-state index contributed by atoms with van der Waals surface area (Å²) in [6.07, 6.45) is 4.00. The minimum absolute atomic E-state index is 0.0294.